The molecule has 4 N–H and O–H groups in total. The first-order chi connectivity index (χ1) is 15.7. The average molecular weight is 512 g/mol. The molecular formula is C24H25AsN2O6. The van der Waals surface area contributed by atoms with Crippen LogP contribution in [0.2, 0.25) is 0 Å². The van der Waals surface area contributed by atoms with E-state index in [4.69, 9.17) is 12.9 Å². The molecule has 0 radical (unpaired) electrons. The molecule has 1 heterocycles. The van der Waals surface area contributed by atoms with Crippen molar-refractivity contribution < 1.29 is 26.6 Å². The van der Waals surface area contributed by atoms with Crippen molar-refractivity contribution in [1.29, 1.82) is 0 Å². The van der Waals surface area contributed by atoms with Crippen LogP contribution in [-0.4, -0.2) is 45.1 Å². The topological polar surface area (TPSA) is 121 Å². The molecule has 4 rings (SSSR count). The number of aromatic hydroxyl groups is 1. The molecule has 33 heavy (non-hydrogen) atoms. The zero-order chi connectivity index (χ0) is 24.0. The molecule has 0 atom stereocenters. The Morgan fingerprint density at radius 1 is 1.03 bits per heavy atom. The zero-order valence-electron chi connectivity index (χ0n) is 18.2. The van der Waals surface area contributed by atoms with Gasteiger partial charge in [0.1, 0.15) is 5.75 Å². The number of anilines is 1. The molecule has 0 bridgehead atoms. The number of phenols is 1. The van der Waals surface area contributed by atoms with Gasteiger partial charge in [-0.05, 0) is 35.2 Å². The number of para-hydroxylation sites is 1. The van der Waals surface area contributed by atoms with Crippen LogP contribution < -0.4 is 14.4 Å². The monoisotopic (exact) mass is 512 g/mol. The third kappa shape index (κ3) is 6.52. The second-order valence-electron chi connectivity index (χ2n) is 7.28. The number of amides is 1. The van der Waals surface area contributed by atoms with Gasteiger partial charge < -0.3 is 9.30 Å². The van der Waals surface area contributed by atoms with Crippen molar-refractivity contribution in [2.45, 2.75) is 13.5 Å². The number of fused-ring (bicyclic) bond motifs is 1. The Morgan fingerprint density at radius 2 is 1.73 bits per heavy atom. The van der Waals surface area contributed by atoms with E-state index >= 15 is 0 Å². The van der Waals surface area contributed by atoms with E-state index < -0.39 is 20.1 Å². The van der Waals surface area contributed by atoms with Gasteiger partial charge in [0.15, 0.2) is 0 Å². The number of aromatic nitrogens is 1. The van der Waals surface area contributed by atoms with E-state index in [1.54, 1.807) is 7.11 Å². The van der Waals surface area contributed by atoms with Crippen LogP contribution in [0.25, 0.3) is 10.9 Å². The van der Waals surface area contributed by atoms with Crippen molar-refractivity contribution in [3.63, 3.8) is 0 Å². The van der Waals surface area contributed by atoms with E-state index in [-0.39, 0.29) is 15.8 Å². The Bertz CT molecular complexity index is 1290. The number of carbonyl (C=O) groups is 1. The number of ether oxygens (including phenoxy) is 1. The van der Waals surface area contributed by atoms with Crippen LogP contribution >= 0.6 is 0 Å². The molecule has 0 aliphatic rings. The number of nitrogens with zero attached hydrogens (tertiary/aromatic N) is 1. The maximum Gasteiger partial charge on any atom is 0.118 e. The summed E-state index contributed by atoms with van der Waals surface area (Å²) in [5, 5.41) is 12.8. The van der Waals surface area contributed by atoms with Crippen LogP contribution in [-0.2, 0) is 15.1 Å². The van der Waals surface area contributed by atoms with Gasteiger partial charge in [-0.25, -0.2) is 0 Å². The molecule has 9 heteroatoms. The summed E-state index contributed by atoms with van der Waals surface area (Å²) in [5.41, 5.74) is 2.54. The summed E-state index contributed by atoms with van der Waals surface area (Å²) in [6.07, 6.45) is 2.13. The summed E-state index contributed by atoms with van der Waals surface area (Å²) < 4.78 is 36.0. The first-order valence-electron chi connectivity index (χ1n) is 10.0. The minimum Gasteiger partial charge on any atom is -0.497 e. The SMILES string of the molecule is CC(=O)Nc1cc([As](=O)(O)O)ccc1O.COc1ccc(Cn2ccc3ccccc32)cc1. The predicted octanol–water partition coefficient (Wildman–Crippen LogP) is 2.61. The van der Waals surface area contributed by atoms with Crippen molar-refractivity contribution in [1.82, 2.24) is 4.57 Å². The van der Waals surface area contributed by atoms with Gasteiger partial charge in [-0.15, -0.1) is 0 Å². The van der Waals surface area contributed by atoms with Crippen LogP contribution in [0.4, 0.5) is 5.69 Å². The Kier molecular flexibility index (Phi) is 7.66. The summed E-state index contributed by atoms with van der Waals surface area (Å²) >= 11 is -4.98. The molecular weight excluding hydrogens is 487 g/mol. The van der Waals surface area contributed by atoms with Gasteiger partial charge in [-0.1, -0.05) is 30.3 Å². The molecule has 8 nitrogen and oxygen atoms in total. The summed E-state index contributed by atoms with van der Waals surface area (Å²) in [7, 11) is 1.69. The minimum absolute atomic E-state index is 0.00951. The van der Waals surface area contributed by atoms with E-state index in [0.717, 1.165) is 30.5 Å². The number of methoxy groups -OCH3 is 1. The Morgan fingerprint density at radius 3 is 2.36 bits per heavy atom. The number of hydrogen-bond donors (Lipinski definition) is 4. The number of benzene rings is 3. The van der Waals surface area contributed by atoms with Crippen molar-refractivity contribution in [2.24, 2.45) is 0 Å². The van der Waals surface area contributed by atoms with Gasteiger partial charge in [-0.3, -0.25) is 0 Å². The van der Waals surface area contributed by atoms with E-state index in [2.05, 4.69) is 58.5 Å². The molecule has 1 aromatic heterocycles. The fourth-order valence-corrected chi connectivity index (χ4v) is 4.39. The normalized spacial score (nSPS) is 10.9. The van der Waals surface area contributed by atoms with Crippen molar-refractivity contribution in [3.8, 4) is 11.5 Å². The minimum atomic E-state index is -4.98. The average Bonchev–Trinajstić information content (AvgIpc) is 3.18. The molecule has 1 amide bonds. The van der Waals surface area contributed by atoms with Crippen molar-refractivity contribution in [3.05, 3.63) is 84.6 Å². The number of rotatable bonds is 5. The van der Waals surface area contributed by atoms with Gasteiger partial charge in [-0.2, -0.15) is 0 Å². The molecule has 0 aliphatic carbocycles. The maximum atomic E-state index is 10.9. The van der Waals surface area contributed by atoms with Crippen LogP contribution in [0.15, 0.2) is 79.0 Å². The van der Waals surface area contributed by atoms with Crippen LogP contribution in [0.1, 0.15) is 12.5 Å². The zero-order valence-corrected chi connectivity index (χ0v) is 20.1. The van der Waals surface area contributed by atoms with Gasteiger partial charge in [0.2, 0.25) is 0 Å². The summed E-state index contributed by atoms with van der Waals surface area (Å²) in [6, 6.07) is 22.1. The summed E-state index contributed by atoms with van der Waals surface area (Å²) in [6.45, 7) is 2.12. The van der Waals surface area contributed by atoms with Crippen LogP contribution in [0, 0.1) is 0 Å². The van der Waals surface area contributed by atoms with Gasteiger partial charge in [0, 0.05) is 18.3 Å². The molecule has 0 saturated heterocycles. The second kappa shape index (κ2) is 10.4. The fraction of sp³-hybridized carbons (Fsp3) is 0.125. The van der Waals surface area contributed by atoms with Crippen molar-refractivity contribution >= 4 is 41.0 Å². The third-order valence-electron chi connectivity index (χ3n) is 4.82. The summed E-state index contributed by atoms with van der Waals surface area (Å²) in [5.74, 6) is 0.231. The van der Waals surface area contributed by atoms with E-state index in [1.807, 2.05) is 12.1 Å². The van der Waals surface area contributed by atoms with E-state index in [9.17, 15) is 13.6 Å². The Labute approximate surface area is 194 Å². The van der Waals surface area contributed by atoms with Gasteiger partial charge in [0.25, 0.3) is 0 Å². The molecule has 3 aromatic carbocycles. The fourth-order valence-electron chi connectivity index (χ4n) is 3.20. The van der Waals surface area contributed by atoms with Gasteiger partial charge in [0.05, 0.1) is 7.11 Å². The molecule has 0 aliphatic heterocycles. The quantitative estimate of drug-likeness (QED) is 0.241. The van der Waals surface area contributed by atoms with E-state index in [1.165, 1.54) is 23.4 Å². The van der Waals surface area contributed by atoms with Crippen molar-refractivity contribution in [2.75, 3.05) is 12.4 Å². The number of hydrogen-bond acceptors (Lipinski definition) is 4. The van der Waals surface area contributed by atoms with Crippen LogP contribution in [0.5, 0.6) is 11.5 Å². The number of phenolic OH excluding ortho intramolecular Hbond substituents is 1. The molecule has 4 aromatic rings. The first-order valence-corrected chi connectivity index (χ1v) is 13.4. The van der Waals surface area contributed by atoms with E-state index in [0.29, 0.717) is 0 Å². The third-order valence-corrected chi connectivity index (χ3v) is 6.81. The predicted molar refractivity (Wildman–Crippen MR) is 127 cm³/mol. The summed E-state index contributed by atoms with van der Waals surface area (Å²) in [4.78, 5) is 10.7. The number of carbonyl (C=O) groups excluding carboxylic acids is 1. The Hall–Kier alpha value is -3.45. The van der Waals surface area contributed by atoms with Gasteiger partial charge >= 0.3 is 88.1 Å². The standard InChI is InChI=1S/C16H15NO.C8H10AsNO5/c1-18-15-8-6-13(7-9-15)12-17-11-10-14-4-2-3-5-16(14)17;1-5(11)10-7-4-6(9(13,14)15)2-3-8(7)12/h2-11H,12H2,1H3;2-4,12H,1H3,(H,10,11)(H2,13,14,15). The molecule has 0 saturated carbocycles. The number of nitrogens with one attached hydrogen (secondary N) is 1. The van der Waals surface area contributed by atoms with Crippen LogP contribution in [0.3, 0.4) is 0 Å². The first kappa shape index (κ1) is 24.2. The smallest absolute Gasteiger partial charge is 0.118 e. The molecule has 0 spiro atoms. The Balaban J connectivity index is 0.000000190. The second-order valence-corrected chi connectivity index (χ2v) is 10.6. The largest absolute Gasteiger partial charge is 0.497 e. The molecule has 172 valence electrons. The molecule has 0 fully saturated rings. The maximum absolute atomic E-state index is 10.9. The molecule has 0 unspecified atom stereocenters.